The maximum atomic E-state index is 5.71. The van der Waals surface area contributed by atoms with Gasteiger partial charge in [0.1, 0.15) is 0 Å². The predicted octanol–water partition coefficient (Wildman–Crippen LogP) is 3.95. The van der Waals surface area contributed by atoms with Gasteiger partial charge < -0.3 is 5.32 Å². The van der Waals surface area contributed by atoms with E-state index in [1.54, 1.807) is 0 Å². The number of alkyl halides is 1. The number of benzene rings is 2. The highest BCUT2D eigenvalue weighted by Crippen LogP contribution is 2.29. The van der Waals surface area contributed by atoms with Crippen LogP contribution in [0, 0.1) is 0 Å². The molecule has 2 aromatic rings. The summed E-state index contributed by atoms with van der Waals surface area (Å²) in [5, 5.41) is 6.06. The van der Waals surface area contributed by atoms with Gasteiger partial charge in [-0.3, -0.25) is 0 Å². The molecule has 0 saturated carbocycles. The summed E-state index contributed by atoms with van der Waals surface area (Å²) in [7, 11) is 0. The third-order valence-electron chi connectivity index (χ3n) is 3.36. The third kappa shape index (κ3) is 2.85. The average molecular weight is 262 g/mol. The molecule has 0 saturated heterocycles. The topological polar surface area (TPSA) is 12.0 Å². The summed E-state index contributed by atoms with van der Waals surface area (Å²) in [6, 6.07) is 15.1. The molecule has 0 amide bonds. The first kappa shape index (κ1) is 13.4. The van der Waals surface area contributed by atoms with Crippen molar-refractivity contribution in [2.24, 2.45) is 0 Å². The van der Waals surface area contributed by atoms with Crippen LogP contribution < -0.4 is 5.32 Å². The summed E-state index contributed by atoms with van der Waals surface area (Å²) < 4.78 is 0. The molecule has 1 nitrogen and oxygen atoms in total. The van der Waals surface area contributed by atoms with Crippen molar-refractivity contribution < 1.29 is 0 Å². The van der Waals surface area contributed by atoms with Gasteiger partial charge in [-0.2, -0.15) is 0 Å². The molecule has 1 N–H and O–H groups in total. The number of halogens is 1. The molecule has 2 heteroatoms. The van der Waals surface area contributed by atoms with Crippen molar-refractivity contribution in [2.75, 3.05) is 19.0 Å². The Hall–Kier alpha value is -1.05. The monoisotopic (exact) mass is 261 g/mol. The number of hydrogen-bond acceptors (Lipinski definition) is 1. The molecule has 2 rings (SSSR count). The van der Waals surface area contributed by atoms with Crippen LogP contribution in [0.15, 0.2) is 42.5 Å². The van der Waals surface area contributed by atoms with Gasteiger partial charge in [-0.1, -0.05) is 56.3 Å². The Kier molecular flexibility index (Phi) is 4.26. The zero-order chi connectivity index (χ0) is 13.0. The Morgan fingerprint density at radius 3 is 2.56 bits per heavy atom. The van der Waals surface area contributed by atoms with Crippen molar-refractivity contribution in [3.05, 3.63) is 48.0 Å². The van der Waals surface area contributed by atoms with Crippen LogP contribution in [0.5, 0.6) is 0 Å². The number of rotatable bonds is 5. The van der Waals surface area contributed by atoms with E-state index in [1.165, 1.54) is 16.3 Å². The van der Waals surface area contributed by atoms with Crippen LogP contribution in [0.4, 0.5) is 0 Å². The normalized spacial score (nSPS) is 11.9. The molecule has 18 heavy (non-hydrogen) atoms. The minimum absolute atomic E-state index is 0.104. The summed E-state index contributed by atoms with van der Waals surface area (Å²) in [5.41, 5.74) is 1.50. The lowest BCUT2D eigenvalue weighted by Crippen LogP contribution is -2.34. The summed E-state index contributed by atoms with van der Waals surface area (Å²) in [5.74, 6) is 0.658. The van der Waals surface area contributed by atoms with Gasteiger partial charge in [0.15, 0.2) is 0 Å². The standard InChI is InChI=1S/C16H20ClN/c1-16(2,12-18-11-10-17)15-9-5-7-13-6-3-4-8-14(13)15/h3-9,18H,10-12H2,1-2H3. The van der Waals surface area contributed by atoms with Crippen molar-refractivity contribution >= 4 is 22.4 Å². The molecule has 96 valence electrons. The Morgan fingerprint density at radius 2 is 1.78 bits per heavy atom. The van der Waals surface area contributed by atoms with E-state index in [-0.39, 0.29) is 5.41 Å². The van der Waals surface area contributed by atoms with Gasteiger partial charge in [-0.15, -0.1) is 11.6 Å². The molecule has 0 spiro atoms. The fourth-order valence-electron chi connectivity index (χ4n) is 2.38. The summed E-state index contributed by atoms with van der Waals surface area (Å²) >= 11 is 5.71. The predicted molar refractivity (Wildman–Crippen MR) is 80.6 cm³/mol. The van der Waals surface area contributed by atoms with E-state index >= 15 is 0 Å². The van der Waals surface area contributed by atoms with E-state index in [0.29, 0.717) is 5.88 Å². The van der Waals surface area contributed by atoms with Crippen LogP contribution in [0.25, 0.3) is 10.8 Å². The molecular formula is C16H20ClN. The highest BCUT2D eigenvalue weighted by molar-refractivity contribution is 6.18. The van der Waals surface area contributed by atoms with Crippen LogP contribution in [0.2, 0.25) is 0 Å². The molecule has 0 unspecified atom stereocenters. The first-order valence-corrected chi connectivity index (χ1v) is 6.93. The van der Waals surface area contributed by atoms with E-state index in [1.807, 2.05) is 0 Å². The molecule has 0 bridgehead atoms. The SMILES string of the molecule is CC(C)(CNCCCl)c1cccc2ccccc12. The number of fused-ring (bicyclic) bond motifs is 1. The first-order valence-electron chi connectivity index (χ1n) is 6.40. The lowest BCUT2D eigenvalue weighted by Gasteiger charge is -2.27. The fourth-order valence-corrected chi connectivity index (χ4v) is 2.51. The van der Waals surface area contributed by atoms with Crippen LogP contribution in [-0.4, -0.2) is 19.0 Å². The Bertz CT molecular complexity index is 514. The molecule has 0 aliphatic heterocycles. The number of hydrogen-bond donors (Lipinski definition) is 1. The van der Waals surface area contributed by atoms with Crippen molar-refractivity contribution in [1.82, 2.24) is 5.32 Å². The minimum Gasteiger partial charge on any atom is -0.315 e. The van der Waals surface area contributed by atoms with Crippen LogP contribution >= 0.6 is 11.6 Å². The van der Waals surface area contributed by atoms with E-state index in [2.05, 4.69) is 61.6 Å². The zero-order valence-electron chi connectivity index (χ0n) is 11.0. The van der Waals surface area contributed by atoms with Gasteiger partial charge in [-0.25, -0.2) is 0 Å². The zero-order valence-corrected chi connectivity index (χ0v) is 11.8. The van der Waals surface area contributed by atoms with E-state index in [0.717, 1.165) is 13.1 Å². The largest absolute Gasteiger partial charge is 0.315 e. The van der Waals surface area contributed by atoms with Gasteiger partial charge in [0.2, 0.25) is 0 Å². The van der Waals surface area contributed by atoms with Crippen molar-refractivity contribution in [1.29, 1.82) is 0 Å². The second-order valence-corrected chi connectivity index (χ2v) is 5.65. The van der Waals surface area contributed by atoms with Gasteiger partial charge in [0.25, 0.3) is 0 Å². The third-order valence-corrected chi connectivity index (χ3v) is 3.55. The van der Waals surface area contributed by atoms with Crippen LogP contribution in [0.3, 0.4) is 0 Å². The summed E-state index contributed by atoms with van der Waals surface area (Å²) in [6.07, 6.45) is 0. The number of nitrogens with one attached hydrogen (secondary N) is 1. The smallest absolute Gasteiger partial charge is 0.0348 e. The van der Waals surface area contributed by atoms with Crippen molar-refractivity contribution in [2.45, 2.75) is 19.3 Å². The molecule has 0 radical (unpaired) electrons. The van der Waals surface area contributed by atoms with E-state index in [9.17, 15) is 0 Å². The van der Waals surface area contributed by atoms with Gasteiger partial charge in [-0.05, 0) is 16.3 Å². The molecular weight excluding hydrogens is 242 g/mol. The maximum absolute atomic E-state index is 5.71. The molecule has 0 aliphatic rings. The van der Waals surface area contributed by atoms with Crippen molar-refractivity contribution in [3.8, 4) is 0 Å². The Labute approximate surface area is 114 Å². The lowest BCUT2D eigenvalue weighted by atomic mass is 9.81. The lowest BCUT2D eigenvalue weighted by molar-refractivity contribution is 0.482. The summed E-state index contributed by atoms with van der Waals surface area (Å²) in [6.45, 7) is 6.34. The van der Waals surface area contributed by atoms with E-state index < -0.39 is 0 Å². The molecule has 0 fully saturated rings. The quantitative estimate of drug-likeness (QED) is 0.635. The molecule has 2 aromatic carbocycles. The Balaban J connectivity index is 2.34. The van der Waals surface area contributed by atoms with Gasteiger partial charge in [0.05, 0.1) is 0 Å². The second kappa shape index (κ2) is 5.73. The first-order chi connectivity index (χ1) is 8.65. The Morgan fingerprint density at radius 1 is 1.06 bits per heavy atom. The fraction of sp³-hybridized carbons (Fsp3) is 0.375. The van der Waals surface area contributed by atoms with E-state index in [4.69, 9.17) is 11.6 Å². The van der Waals surface area contributed by atoms with Gasteiger partial charge in [0, 0.05) is 24.4 Å². The average Bonchev–Trinajstić information content (AvgIpc) is 2.38. The molecule has 0 aliphatic carbocycles. The molecule has 0 atom stereocenters. The maximum Gasteiger partial charge on any atom is 0.0348 e. The second-order valence-electron chi connectivity index (χ2n) is 5.28. The van der Waals surface area contributed by atoms with Gasteiger partial charge >= 0.3 is 0 Å². The van der Waals surface area contributed by atoms with Crippen LogP contribution in [0.1, 0.15) is 19.4 Å². The van der Waals surface area contributed by atoms with Crippen LogP contribution in [-0.2, 0) is 5.41 Å². The molecule has 0 heterocycles. The summed E-state index contributed by atoms with van der Waals surface area (Å²) in [4.78, 5) is 0. The highest BCUT2D eigenvalue weighted by atomic mass is 35.5. The van der Waals surface area contributed by atoms with Crippen molar-refractivity contribution in [3.63, 3.8) is 0 Å². The highest BCUT2D eigenvalue weighted by Gasteiger charge is 2.21. The minimum atomic E-state index is 0.104. The molecule has 0 aromatic heterocycles.